The van der Waals surface area contributed by atoms with Crippen LogP contribution in [-0.2, 0) is 0 Å². The molecule has 0 unspecified atom stereocenters. The maximum Gasteiger partial charge on any atom is 0.211 e. The van der Waals surface area contributed by atoms with Gasteiger partial charge in [-0.05, 0) is 18.1 Å². The molecule has 1 heterocycles. The van der Waals surface area contributed by atoms with Crippen molar-refractivity contribution in [3.05, 3.63) is 47.7 Å². The van der Waals surface area contributed by atoms with Crippen LogP contribution in [0.4, 0.5) is 0 Å². The summed E-state index contributed by atoms with van der Waals surface area (Å²) in [5, 5.41) is 18.4. The third-order valence-electron chi connectivity index (χ3n) is 2.45. The molecule has 0 fully saturated rings. The van der Waals surface area contributed by atoms with Crippen molar-refractivity contribution in [2.45, 2.75) is 6.92 Å². The molecule has 3 heteroatoms. The number of rotatable bonds is 1. The van der Waals surface area contributed by atoms with Gasteiger partial charge < -0.3 is 5.11 Å². The van der Waals surface area contributed by atoms with E-state index in [9.17, 15) is 5.11 Å². The number of benzene rings is 1. The van der Waals surface area contributed by atoms with E-state index in [1.54, 1.807) is 0 Å². The highest BCUT2D eigenvalue weighted by Crippen LogP contribution is 2.28. The molecule has 2 aromatic rings. The molecule has 3 nitrogen and oxygen atoms in total. The molecule has 0 bridgehead atoms. The smallest absolute Gasteiger partial charge is 0.211 e. The first-order chi connectivity index (χ1) is 7.72. The lowest BCUT2D eigenvalue weighted by molar-refractivity contribution is 0.453. The summed E-state index contributed by atoms with van der Waals surface area (Å²) in [4.78, 5) is 3.70. The van der Waals surface area contributed by atoms with Crippen molar-refractivity contribution >= 4 is 0 Å². The zero-order chi connectivity index (χ0) is 11.5. The molecule has 0 radical (unpaired) electrons. The van der Waals surface area contributed by atoms with Gasteiger partial charge in [0.05, 0.1) is 5.56 Å². The molecular formula is C13H10N2O. The van der Waals surface area contributed by atoms with Crippen LogP contribution < -0.4 is 0 Å². The van der Waals surface area contributed by atoms with Crippen molar-refractivity contribution < 1.29 is 5.11 Å². The van der Waals surface area contributed by atoms with Crippen molar-refractivity contribution in [1.29, 1.82) is 5.26 Å². The molecule has 0 saturated heterocycles. The third-order valence-corrected chi connectivity index (χ3v) is 2.45. The molecule has 2 rings (SSSR count). The number of aryl methyl sites for hydroxylation is 1. The van der Waals surface area contributed by atoms with Gasteiger partial charge in [0.15, 0.2) is 0 Å². The van der Waals surface area contributed by atoms with Crippen molar-refractivity contribution in [3.63, 3.8) is 0 Å². The molecule has 1 aromatic carbocycles. The number of hydrogen-bond acceptors (Lipinski definition) is 3. The second kappa shape index (κ2) is 4.03. The standard InChI is InChI=1S/C13H10N2O/c1-9-4-2-3-5-11(9)12-6-13(16)15-8-10(12)7-14/h2-6,8H,1H3,(H,15,16). The average molecular weight is 210 g/mol. The number of aromatic nitrogens is 1. The normalized spacial score (nSPS) is 9.75. The molecule has 16 heavy (non-hydrogen) atoms. The van der Waals surface area contributed by atoms with Gasteiger partial charge >= 0.3 is 0 Å². The lowest BCUT2D eigenvalue weighted by atomic mass is 9.98. The van der Waals surface area contributed by atoms with Crippen LogP contribution in [0, 0.1) is 18.3 Å². The topological polar surface area (TPSA) is 56.9 Å². The summed E-state index contributed by atoms with van der Waals surface area (Å²) in [5.41, 5.74) is 3.18. The van der Waals surface area contributed by atoms with Gasteiger partial charge in [0.1, 0.15) is 6.07 Å². The molecule has 0 aliphatic carbocycles. The molecule has 0 aliphatic rings. The Morgan fingerprint density at radius 1 is 1.25 bits per heavy atom. The van der Waals surface area contributed by atoms with Crippen LogP contribution in [0.15, 0.2) is 36.5 Å². The Labute approximate surface area is 93.6 Å². The lowest BCUT2D eigenvalue weighted by Crippen LogP contribution is -1.89. The zero-order valence-corrected chi connectivity index (χ0v) is 8.81. The van der Waals surface area contributed by atoms with E-state index in [-0.39, 0.29) is 5.88 Å². The fourth-order valence-electron chi connectivity index (χ4n) is 1.63. The Morgan fingerprint density at radius 3 is 2.69 bits per heavy atom. The van der Waals surface area contributed by atoms with Gasteiger partial charge in [0.25, 0.3) is 0 Å². The van der Waals surface area contributed by atoms with E-state index < -0.39 is 0 Å². The van der Waals surface area contributed by atoms with Gasteiger partial charge in [0, 0.05) is 17.8 Å². The number of pyridine rings is 1. The van der Waals surface area contributed by atoms with E-state index in [4.69, 9.17) is 5.26 Å². The molecule has 0 spiro atoms. The summed E-state index contributed by atoms with van der Waals surface area (Å²) in [7, 11) is 0. The molecule has 0 saturated carbocycles. The van der Waals surface area contributed by atoms with E-state index in [1.807, 2.05) is 31.2 Å². The summed E-state index contributed by atoms with van der Waals surface area (Å²) in [6.45, 7) is 1.97. The van der Waals surface area contributed by atoms with Crippen molar-refractivity contribution in [2.24, 2.45) is 0 Å². The Bertz CT molecular complexity index is 570. The van der Waals surface area contributed by atoms with Gasteiger partial charge in [-0.25, -0.2) is 4.98 Å². The number of hydrogen-bond donors (Lipinski definition) is 1. The molecule has 0 aliphatic heterocycles. The maximum atomic E-state index is 9.36. The second-order valence-electron chi connectivity index (χ2n) is 3.51. The van der Waals surface area contributed by atoms with E-state index in [0.29, 0.717) is 11.1 Å². The summed E-state index contributed by atoms with van der Waals surface area (Å²) >= 11 is 0. The molecule has 1 N–H and O–H groups in total. The minimum absolute atomic E-state index is 0.0720. The number of aromatic hydroxyl groups is 1. The van der Waals surface area contributed by atoms with Crippen LogP contribution in [0.25, 0.3) is 11.1 Å². The van der Waals surface area contributed by atoms with Crippen LogP contribution >= 0.6 is 0 Å². The fraction of sp³-hybridized carbons (Fsp3) is 0.0769. The summed E-state index contributed by atoms with van der Waals surface area (Å²) in [6, 6.07) is 11.3. The van der Waals surface area contributed by atoms with Gasteiger partial charge in [-0.15, -0.1) is 0 Å². The second-order valence-corrected chi connectivity index (χ2v) is 3.51. The van der Waals surface area contributed by atoms with Crippen molar-refractivity contribution in [3.8, 4) is 23.1 Å². The summed E-state index contributed by atoms with van der Waals surface area (Å²) in [5.74, 6) is -0.0720. The number of nitriles is 1. The Balaban J connectivity index is 2.69. The third kappa shape index (κ3) is 1.73. The lowest BCUT2D eigenvalue weighted by Gasteiger charge is -2.07. The van der Waals surface area contributed by atoms with Crippen LogP contribution in [0.2, 0.25) is 0 Å². The van der Waals surface area contributed by atoms with Crippen LogP contribution in [0.5, 0.6) is 5.88 Å². The van der Waals surface area contributed by atoms with E-state index >= 15 is 0 Å². The minimum atomic E-state index is -0.0720. The molecular weight excluding hydrogens is 200 g/mol. The molecule has 0 atom stereocenters. The SMILES string of the molecule is Cc1ccccc1-c1cc(O)ncc1C#N. The van der Waals surface area contributed by atoms with Crippen LogP contribution in [0.1, 0.15) is 11.1 Å². The molecule has 78 valence electrons. The zero-order valence-electron chi connectivity index (χ0n) is 8.81. The first-order valence-electron chi connectivity index (χ1n) is 4.87. The van der Waals surface area contributed by atoms with Crippen LogP contribution in [0.3, 0.4) is 0 Å². The largest absolute Gasteiger partial charge is 0.493 e. The van der Waals surface area contributed by atoms with E-state index in [0.717, 1.165) is 11.1 Å². The average Bonchev–Trinajstić information content (AvgIpc) is 2.29. The van der Waals surface area contributed by atoms with Gasteiger partial charge in [-0.1, -0.05) is 24.3 Å². The maximum absolute atomic E-state index is 9.36. The van der Waals surface area contributed by atoms with Crippen LogP contribution in [-0.4, -0.2) is 10.1 Å². The number of nitrogens with zero attached hydrogens (tertiary/aromatic N) is 2. The highest BCUT2D eigenvalue weighted by molar-refractivity contribution is 5.73. The quantitative estimate of drug-likeness (QED) is 0.787. The summed E-state index contributed by atoms with van der Waals surface area (Å²) < 4.78 is 0. The predicted octanol–water partition coefficient (Wildman–Crippen LogP) is 2.63. The summed E-state index contributed by atoms with van der Waals surface area (Å²) in [6.07, 6.45) is 1.39. The Kier molecular flexibility index (Phi) is 2.57. The first-order valence-corrected chi connectivity index (χ1v) is 4.87. The first kappa shape index (κ1) is 10.2. The predicted molar refractivity (Wildman–Crippen MR) is 60.8 cm³/mol. The molecule has 0 amide bonds. The van der Waals surface area contributed by atoms with E-state index in [2.05, 4.69) is 11.1 Å². The minimum Gasteiger partial charge on any atom is -0.493 e. The Hall–Kier alpha value is -2.34. The Morgan fingerprint density at radius 2 is 2.00 bits per heavy atom. The van der Waals surface area contributed by atoms with E-state index in [1.165, 1.54) is 12.3 Å². The highest BCUT2D eigenvalue weighted by Gasteiger charge is 2.08. The highest BCUT2D eigenvalue weighted by atomic mass is 16.3. The van der Waals surface area contributed by atoms with Crippen molar-refractivity contribution in [1.82, 2.24) is 4.98 Å². The van der Waals surface area contributed by atoms with Gasteiger partial charge in [-0.2, -0.15) is 5.26 Å². The van der Waals surface area contributed by atoms with Gasteiger partial charge in [-0.3, -0.25) is 0 Å². The molecule has 1 aromatic heterocycles. The van der Waals surface area contributed by atoms with Crippen molar-refractivity contribution in [2.75, 3.05) is 0 Å². The monoisotopic (exact) mass is 210 g/mol. The fourth-order valence-corrected chi connectivity index (χ4v) is 1.63. The van der Waals surface area contributed by atoms with Gasteiger partial charge in [0.2, 0.25) is 5.88 Å².